The molecule has 0 spiro atoms. The van der Waals surface area contributed by atoms with Gasteiger partial charge in [-0.3, -0.25) is 9.59 Å². The molecule has 1 N–H and O–H groups in total. The van der Waals surface area contributed by atoms with E-state index in [9.17, 15) is 9.59 Å². The van der Waals surface area contributed by atoms with Gasteiger partial charge in [-0.15, -0.1) is 11.8 Å². The number of thioether (sulfide) groups is 1. The first-order chi connectivity index (χ1) is 11.6. The highest BCUT2D eigenvalue weighted by atomic mass is 32.2. The van der Waals surface area contributed by atoms with Crippen LogP contribution in [0.4, 0.5) is 0 Å². The summed E-state index contributed by atoms with van der Waals surface area (Å²) < 4.78 is 0. The second-order valence-corrected chi connectivity index (χ2v) is 6.35. The van der Waals surface area contributed by atoms with Crippen LogP contribution in [0.5, 0.6) is 0 Å². The highest BCUT2D eigenvalue weighted by Gasteiger charge is 2.10. The van der Waals surface area contributed by atoms with E-state index in [1.807, 2.05) is 36.6 Å². The van der Waals surface area contributed by atoms with Crippen LogP contribution in [0, 0.1) is 0 Å². The van der Waals surface area contributed by atoms with Gasteiger partial charge in [0.05, 0.1) is 0 Å². The molecule has 0 aliphatic carbocycles. The standard InChI is InChI=1S/C19H22N2O2S/c1-21(14-15-8-10-17(24-2)11-9-15)18(22)12-13-20-19(23)16-6-4-3-5-7-16/h3-11H,12-14H2,1-2H3,(H,20,23). The van der Waals surface area contributed by atoms with Crippen molar-refractivity contribution >= 4 is 23.6 Å². The largest absolute Gasteiger partial charge is 0.352 e. The number of carbonyl (C=O) groups excluding carboxylic acids is 2. The lowest BCUT2D eigenvalue weighted by molar-refractivity contribution is -0.130. The van der Waals surface area contributed by atoms with E-state index in [-0.39, 0.29) is 18.2 Å². The molecule has 2 amide bonds. The van der Waals surface area contributed by atoms with Crippen LogP contribution in [-0.2, 0) is 11.3 Å². The number of hydrogen-bond acceptors (Lipinski definition) is 3. The van der Waals surface area contributed by atoms with E-state index in [0.717, 1.165) is 5.56 Å². The Balaban J connectivity index is 1.76. The van der Waals surface area contributed by atoms with Gasteiger partial charge in [0, 0.05) is 37.0 Å². The van der Waals surface area contributed by atoms with Gasteiger partial charge in [-0.25, -0.2) is 0 Å². The van der Waals surface area contributed by atoms with Gasteiger partial charge in [0.15, 0.2) is 0 Å². The third kappa shape index (κ3) is 5.42. The number of amides is 2. The summed E-state index contributed by atoms with van der Waals surface area (Å²) in [5.41, 5.74) is 1.70. The fourth-order valence-corrected chi connectivity index (χ4v) is 2.67. The molecule has 2 rings (SSSR count). The van der Waals surface area contributed by atoms with Crippen molar-refractivity contribution in [2.24, 2.45) is 0 Å². The van der Waals surface area contributed by atoms with Gasteiger partial charge in [-0.1, -0.05) is 30.3 Å². The summed E-state index contributed by atoms with van der Waals surface area (Å²) in [6.45, 7) is 0.905. The highest BCUT2D eigenvalue weighted by Crippen LogP contribution is 2.15. The van der Waals surface area contributed by atoms with Crippen molar-refractivity contribution in [3.8, 4) is 0 Å². The fraction of sp³-hybridized carbons (Fsp3) is 0.263. The van der Waals surface area contributed by atoms with Crippen molar-refractivity contribution in [3.63, 3.8) is 0 Å². The second kappa shape index (κ2) is 9.13. The van der Waals surface area contributed by atoms with Gasteiger partial charge in [-0.05, 0) is 36.1 Å². The van der Waals surface area contributed by atoms with E-state index in [4.69, 9.17) is 0 Å². The second-order valence-electron chi connectivity index (χ2n) is 5.47. The average Bonchev–Trinajstić information content (AvgIpc) is 2.62. The lowest BCUT2D eigenvalue weighted by atomic mass is 10.2. The van der Waals surface area contributed by atoms with Crippen LogP contribution in [0.2, 0.25) is 0 Å². The Morgan fingerprint density at radius 1 is 1.04 bits per heavy atom. The summed E-state index contributed by atoms with van der Waals surface area (Å²) in [4.78, 5) is 27.0. The molecule has 0 heterocycles. The molecule has 0 saturated heterocycles. The molecule has 0 aliphatic heterocycles. The van der Waals surface area contributed by atoms with Gasteiger partial charge in [0.2, 0.25) is 5.91 Å². The molecule has 24 heavy (non-hydrogen) atoms. The Morgan fingerprint density at radius 2 is 1.71 bits per heavy atom. The SMILES string of the molecule is CSc1ccc(CN(C)C(=O)CCNC(=O)c2ccccc2)cc1. The molecule has 0 unspecified atom stereocenters. The monoisotopic (exact) mass is 342 g/mol. The van der Waals surface area contributed by atoms with Gasteiger partial charge in [-0.2, -0.15) is 0 Å². The number of nitrogens with zero attached hydrogens (tertiary/aromatic N) is 1. The van der Waals surface area contributed by atoms with E-state index < -0.39 is 0 Å². The van der Waals surface area contributed by atoms with Crippen molar-refractivity contribution in [1.82, 2.24) is 10.2 Å². The van der Waals surface area contributed by atoms with E-state index in [2.05, 4.69) is 17.4 Å². The Hall–Kier alpha value is -2.27. The van der Waals surface area contributed by atoms with Crippen molar-refractivity contribution in [1.29, 1.82) is 0 Å². The van der Waals surface area contributed by atoms with Crippen LogP contribution < -0.4 is 5.32 Å². The predicted octanol–water partition coefficient (Wildman–Crippen LogP) is 3.19. The fourth-order valence-electron chi connectivity index (χ4n) is 2.26. The molecule has 2 aromatic carbocycles. The average molecular weight is 342 g/mol. The topological polar surface area (TPSA) is 49.4 Å². The minimum absolute atomic E-state index is 0.0114. The molecule has 0 fully saturated rings. The van der Waals surface area contributed by atoms with E-state index in [0.29, 0.717) is 18.7 Å². The quantitative estimate of drug-likeness (QED) is 0.786. The predicted molar refractivity (Wildman–Crippen MR) is 98.1 cm³/mol. The normalized spacial score (nSPS) is 10.2. The lowest BCUT2D eigenvalue weighted by Crippen LogP contribution is -2.31. The number of nitrogens with one attached hydrogen (secondary N) is 1. The summed E-state index contributed by atoms with van der Waals surface area (Å²) >= 11 is 1.69. The summed E-state index contributed by atoms with van der Waals surface area (Å²) in [5, 5.41) is 2.77. The summed E-state index contributed by atoms with van der Waals surface area (Å²) in [6.07, 6.45) is 2.33. The number of hydrogen-bond donors (Lipinski definition) is 1. The Labute approximate surface area is 147 Å². The number of carbonyl (C=O) groups is 2. The van der Waals surface area contributed by atoms with Crippen LogP contribution in [0.1, 0.15) is 22.3 Å². The minimum Gasteiger partial charge on any atom is -0.352 e. The molecule has 4 nitrogen and oxygen atoms in total. The van der Waals surface area contributed by atoms with E-state index >= 15 is 0 Å². The van der Waals surface area contributed by atoms with Gasteiger partial charge in [0.25, 0.3) is 5.91 Å². The number of benzene rings is 2. The molecule has 0 saturated carbocycles. The molecule has 0 atom stereocenters. The molecule has 126 valence electrons. The zero-order chi connectivity index (χ0) is 17.4. The Bertz CT molecular complexity index is 672. The molecular weight excluding hydrogens is 320 g/mol. The number of rotatable bonds is 7. The van der Waals surface area contributed by atoms with Crippen molar-refractivity contribution in [2.75, 3.05) is 19.8 Å². The molecule has 0 radical (unpaired) electrons. The highest BCUT2D eigenvalue weighted by molar-refractivity contribution is 7.98. The van der Waals surface area contributed by atoms with Gasteiger partial charge < -0.3 is 10.2 Å². The van der Waals surface area contributed by atoms with Crippen LogP contribution in [0.25, 0.3) is 0 Å². The lowest BCUT2D eigenvalue weighted by Gasteiger charge is -2.17. The summed E-state index contributed by atoms with van der Waals surface area (Å²) in [7, 11) is 1.78. The third-order valence-electron chi connectivity index (χ3n) is 3.66. The Morgan fingerprint density at radius 3 is 2.33 bits per heavy atom. The molecule has 0 aliphatic rings. The van der Waals surface area contributed by atoms with Crippen LogP contribution >= 0.6 is 11.8 Å². The molecule has 5 heteroatoms. The summed E-state index contributed by atoms with van der Waals surface area (Å²) in [5.74, 6) is -0.143. The van der Waals surface area contributed by atoms with Crippen LogP contribution in [-0.4, -0.2) is 36.6 Å². The van der Waals surface area contributed by atoms with E-state index in [1.165, 1.54) is 4.90 Å². The van der Waals surface area contributed by atoms with Gasteiger partial charge in [0.1, 0.15) is 0 Å². The van der Waals surface area contributed by atoms with E-state index in [1.54, 1.807) is 35.8 Å². The molecule has 2 aromatic rings. The maximum atomic E-state index is 12.2. The molecule has 0 aromatic heterocycles. The maximum absolute atomic E-state index is 12.2. The first-order valence-corrected chi connectivity index (χ1v) is 9.03. The third-order valence-corrected chi connectivity index (χ3v) is 4.41. The van der Waals surface area contributed by atoms with Crippen LogP contribution in [0.15, 0.2) is 59.5 Å². The smallest absolute Gasteiger partial charge is 0.251 e. The first kappa shape index (κ1) is 18.1. The Kier molecular flexibility index (Phi) is 6.88. The van der Waals surface area contributed by atoms with Crippen molar-refractivity contribution in [2.45, 2.75) is 17.9 Å². The van der Waals surface area contributed by atoms with Gasteiger partial charge >= 0.3 is 0 Å². The van der Waals surface area contributed by atoms with Crippen molar-refractivity contribution < 1.29 is 9.59 Å². The minimum atomic E-state index is -0.154. The summed E-state index contributed by atoms with van der Waals surface area (Å²) in [6, 6.07) is 17.2. The molecular formula is C19H22N2O2S. The molecule has 0 bridgehead atoms. The van der Waals surface area contributed by atoms with Crippen molar-refractivity contribution in [3.05, 3.63) is 65.7 Å². The first-order valence-electron chi connectivity index (χ1n) is 7.80. The zero-order valence-corrected chi connectivity index (χ0v) is 14.8. The maximum Gasteiger partial charge on any atom is 0.251 e. The zero-order valence-electron chi connectivity index (χ0n) is 14.0. The van der Waals surface area contributed by atoms with Crippen LogP contribution in [0.3, 0.4) is 0 Å².